The molecule has 0 heterocycles. The number of amides is 1. The lowest BCUT2D eigenvalue weighted by Gasteiger charge is -2.11. The third-order valence-corrected chi connectivity index (χ3v) is 4.43. The minimum absolute atomic E-state index is 0.175. The Morgan fingerprint density at radius 2 is 1.90 bits per heavy atom. The number of rotatable bonds is 3. The summed E-state index contributed by atoms with van der Waals surface area (Å²) < 4.78 is 0.474. The Bertz CT molecular complexity index is 647. The number of halogens is 3. The summed E-state index contributed by atoms with van der Waals surface area (Å²) in [5.74, 6) is -0.175. The van der Waals surface area contributed by atoms with E-state index in [1.54, 1.807) is 0 Å². The molecule has 0 atom stereocenters. The summed E-state index contributed by atoms with van der Waals surface area (Å²) in [5, 5.41) is 3.38. The number of nitrogens with one attached hydrogen (secondary N) is 1. The number of hydrogen-bond acceptors (Lipinski definition) is 2. The van der Waals surface area contributed by atoms with Crippen LogP contribution in [0.2, 0.25) is 10.0 Å². The summed E-state index contributed by atoms with van der Waals surface area (Å²) >= 11 is 15.3. The fourth-order valence-electron chi connectivity index (χ4n) is 1.68. The number of carbonyl (C=O) groups is 1. The normalized spacial score (nSPS) is 10.3. The Balaban J connectivity index is 2.16. The van der Waals surface area contributed by atoms with Crippen molar-refractivity contribution in [2.24, 2.45) is 0 Å². The van der Waals surface area contributed by atoms with Gasteiger partial charge in [-0.25, -0.2) is 0 Å². The van der Waals surface area contributed by atoms with Crippen LogP contribution in [-0.2, 0) is 11.2 Å². The molecule has 0 bridgehead atoms. The maximum atomic E-state index is 12.0. The van der Waals surface area contributed by atoms with Crippen LogP contribution in [0.1, 0.15) is 5.56 Å². The number of nitrogens with two attached hydrogens (primary N) is 1. The molecule has 0 spiro atoms. The number of carbonyl (C=O) groups excluding carboxylic acids is 1. The van der Waals surface area contributed by atoms with E-state index < -0.39 is 0 Å². The predicted octanol–water partition coefficient (Wildman–Crippen LogP) is 4.52. The van der Waals surface area contributed by atoms with Gasteiger partial charge in [0.1, 0.15) is 0 Å². The maximum Gasteiger partial charge on any atom is 0.228 e. The average molecular weight is 374 g/mol. The van der Waals surface area contributed by atoms with Crippen LogP contribution >= 0.6 is 39.1 Å². The summed E-state index contributed by atoms with van der Waals surface area (Å²) in [6.07, 6.45) is 0.261. The molecule has 0 radical (unpaired) electrons. The Kier molecular flexibility index (Phi) is 4.91. The van der Waals surface area contributed by atoms with Crippen LogP contribution in [0, 0.1) is 0 Å². The van der Waals surface area contributed by atoms with Gasteiger partial charge >= 0.3 is 0 Å². The third-order valence-electron chi connectivity index (χ3n) is 2.68. The van der Waals surface area contributed by atoms with Crippen LogP contribution in [0.25, 0.3) is 0 Å². The summed E-state index contributed by atoms with van der Waals surface area (Å²) in [4.78, 5) is 12.0. The molecule has 104 valence electrons. The first-order chi connectivity index (χ1) is 9.49. The van der Waals surface area contributed by atoms with E-state index in [1.807, 2.05) is 30.3 Å². The highest BCUT2D eigenvalue weighted by Crippen LogP contribution is 2.39. The van der Waals surface area contributed by atoms with Crippen molar-refractivity contribution < 1.29 is 4.79 Å². The monoisotopic (exact) mass is 372 g/mol. The first-order valence-electron chi connectivity index (χ1n) is 5.75. The van der Waals surface area contributed by atoms with Crippen molar-refractivity contribution in [3.05, 3.63) is 56.5 Å². The van der Waals surface area contributed by atoms with E-state index in [2.05, 4.69) is 21.2 Å². The van der Waals surface area contributed by atoms with Gasteiger partial charge in [-0.15, -0.1) is 0 Å². The molecule has 0 unspecified atom stereocenters. The van der Waals surface area contributed by atoms with Crippen LogP contribution < -0.4 is 11.1 Å². The second kappa shape index (κ2) is 6.48. The van der Waals surface area contributed by atoms with Gasteiger partial charge in [-0.05, 0) is 27.6 Å². The second-order valence-electron chi connectivity index (χ2n) is 4.16. The topological polar surface area (TPSA) is 55.1 Å². The van der Waals surface area contributed by atoms with Crippen molar-refractivity contribution in [3.8, 4) is 0 Å². The zero-order valence-corrected chi connectivity index (χ0v) is 13.4. The number of benzene rings is 2. The van der Waals surface area contributed by atoms with E-state index in [0.717, 1.165) is 5.56 Å². The molecule has 0 saturated heterocycles. The molecule has 0 aromatic heterocycles. The van der Waals surface area contributed by atoms with Gasteiger partial charge in [-0.2, -0.15) is 0 Å². The molecule has 2 aromatic carbocycles. The second-order valence-corrected chi connectivity index (χ2v) is 5.74. The predicted molar refractivity (Wildman–Crippen MR) is 87.4 cm³/mol. The van der Waals surface area contributed by atoms with Crippen molar-refractivity contribution >= 4 is 56.4 Å². The number of nitrogen functional groups attached to an aromatic ring is 1. The van der Waals surface area contributed by atoms with E-state index in [4.69, 9.17) is 28.9 Å². The molecule has 2 aromatic rings. The zero-order chi connectivity index (χ0) is 14.7. The highest BCUT2D eigenvalue weighted by atomic mass is 79.9. The summed E-state index contributed by atoms with van der Waals surface area (Å²) in [6.45, 7) is 0. The Hall–Kier alpha value is -1.23. The van der Waals surface area contributed by atoms with E-state index in [0.29, 0.717) is 25.9 Å². The zero-order valence-electron chi connectivity index (χ0n) is 10.3. The highest BCUT2D eigenvalue weighted by molar-refractivity contribution is 9.10. The van der Waals surface area contributed by atoms with Crippen LogP contribution in [0.5, 0.6) is 0 Å². The molecule has 2 rings (SSSR count). The van der Waals surface area contributed by atoms with Crippen LogP contribution in [0.3, 0.4) is 0 Å². The standard InChI is InChI=1S/C14H11BrCl2N2O/c15-12-13(17)10(7-9(16)14(12)18)19-11(20)6-8-4-2-1-3-5-8/h1-5,7H,6,18H2,(H,19,20). The first-order valence-corrected chi connectivity index (χ1v) is 7.30. The molecule has 0 saturated carbocycles. The smallest absolute Gasteiger partial charge is 0.228 e. The molecule has 0 aliphatic rings. The first kappa shape index (κ1) is 15.2. The van der Waals surface area contributed by atoms with Gasteiger partial charge in [-0.3, -0.25) is 4.79 Å². The van der Waals surface area contributed by atoms with Crippen LogP contribution in [-0.4, -0.2) is 5.91 Å². The Morgan fingerprint density at radius 1 is 1.25 bits per heavy atom. The molecule has 0 aliphatic heterocycles. The van der Waals surface area contributed by atoms with Crippen LogP contribution in [0.4, 0.5) is 11.4 Å². The molecular formula is C14H11BrCl2N2O. The molecule has 0 aliphatic carbocycles. The molecular weight excluding hydrogens is 363 g/mol. The van der Waals surface area contributed by atoms with Crippen molar-refractivity contribution in [1.29, 1.82) is 0 Å². The lowest BCUT2D eigenvalue weighted by atomic mass is 10.1. The quantitative estimate of drug-likeness (QED) is 0.613. The Morgan fingerprint density at radius 3 is 2.55 bits per heavy atom. The van der Waals surface area contributed by atoms with Crippen molar-refractivity contribution in [1.82, 2.24) is 0 Å². The lowest BCUT2D eigenvalue weighted by Crippen LogP contribution is -2.15. The van der Waals surface area contributed by atoms with E-state index in [1.165, 1.54) is 6.07 Å². The minimum atomic E-state index is -0.175. The van der Waals surface area contributed by atoms with Gasteiger partial charge in [0, 0.05) is 0 Å². The van der Waals surface area contributed by atoms with Crippen LogP contribution in [0.15, 0.2) is 40.9 Å². The highest BCUT2D eigenvalue weighted by Gasteiger charge is 2.14. The van der Waals surface area contributed by atoms with Gasteiger partial charge in [0.05, 0.1) is 32.3 Å². The average Bonchev–Trinajstić information content (AvgIpc) is 2.43. The van der Waals surface area contributed by atoms with Crippen molar-refractivity contribution in [3.63, 3.8) is 0 Å². The fraction of sp³-hybridized carbons (Fsp3) is 0.0714. The number of hydrogen-bond donors (Lipinski definition) is 2. The maximum absolute atomic E-state index is 12.0. The third kappa shape index (κ3) is 3.45. The van der Waals surface area contributed by atoms with Crippen molar-refractivity contribution in [2.75, 3.05) is 11.1 Å². The summed E-state index contributed by atoms with van der Waals surface area (Å²) in [6, 6.07) is 11.0. The minimum Gasteiger partial charge on any atom is -0.397 e. The Labute approximate surface area is 135 Å². The molecule has 1 amide bonds. The van der Waals surface area contributed by atoms with E-state index in [-0.39, 0.29) is 12.3 Å². The van der Waals surface area contributed by atoms with E-state index >= 15 is 0 Å². The largest absolute Gasteiger partial charge is 0.397 e. The SMILES string of the molecule is Nc1c(Cl)cc(NC(=O)Cc2ccccc2)c(Cl)c1Br. The fourth-order valence-corrected chi connectivity index (χ4v) is 2.62. The molecule has 0 fully saturated rings. The summed E-state index contributed by atoms with van der Waals surface area (Å²) in [7, 11) is 0. The van der Waals surface area contributed by atoms with Gasteiger partial charge < -0.3 is 11.1 Å². The lowest BCUT2D eigenvalue weighted by molar-refractivity contribution is -0.115. The van der Waals surface area contributed by atoms with Gasteiger partial charge in [0.15, 0.2) is 0 Å². The van der Waals surface area contributed by atoms with Crippen molar-refractivity contribution in [2.45, 2.75) is 6.42 Å². The number of anilines is 2. The molecule has 3 N–H and O–H groups in total. The van der Waals surface area contributed by atoms with Gasteiger partial charge in [0.25, 0.3) is 0 Å². The van der Waals surface area contributed by atoms with E-state index in [9.17, 15) is 4.79 Å². The molecule has 3 nitrogen and oxygen atoms in total. The summed E-state index contributed by atoms with van der Waals surface area (Å²) in [5.41, 5.74) is 7.42. The molecule has 20 heavy (non-hydrogen) atoms. The van der Waals surface area contributed by atoms with Gasteiger partial charge in [0.2, 0.25) is 5.91 Å². The molecule has 6 heteroatoms. The van der Waals surface area contributed by atoms with Gasteiger partial charge in [-0.1, -0.05) is 53.5 Å².